The molecule has 2 heterocycles. The molecule has 0 saturated carbocycles. The second-order valence-corrected chi connectivity index (χ2v) is 9.82. The van der Waals surface area contributed by atoms with Crippen molar-refractivity contribution in [1.29, 1.82) is 0 Å². The van der Waals surface area contributed by atoms with E-state index in [0.29, 0.717) is 30.4 Å². The van der Waals surface area contributed by atoms with Gasteiger partial charge >= 0.3 is 0 Å². The molecule has 4 rings (SSSR count). The maximum absolute atomic E-state index is 12.6. The minimum atomic E-state index is -3.55. The van der Waals surface area contributed by atoms with Crippen LogP contribution in [0, 0.1) is 0 Å². The van der Waals surface area contributed by atoms with Crippen LogP contribution >= 0.6 is 11.3 Å². The lowest BCUT2D eigenvalue weighted by Gasteiger charge is -2.18. The molecule has 0 radical (unpaired) electrons. The number of sulfonamides is 1. The third-order valence-corrected chi connectivity index (χ3v) is 7.99. The van der Waals surface area contributed by atoms with E-state index < -0.39 is 10.0 Å². The fraction of sp³-hybridized carbons (Fsp3) is 0.273. The first kappa shape index (κ1) is 21.5. The highest BCUT2D eigenvalue weighted by Gasteiger charge is 2.22. The van der Waals surface area contributed by atoms with Gasteiger partial charge < -0.3 is 4.74 Å². The van der Waals surface area contributed by atoms with Crippen molar-refractivity contribution in [2.45, 2.75) is 25.2 Å². The topological polar surface area (TPSA) is 88.6 Å². The van der Waals surface area contributed by atoms with Crippen LogP contribution in [-0.2, 0) is 16.4 Å². The summed E-state index contributed by atoms with van der Waals surface area (Å²) in [7, 11) is -3.55. The monoisotopic (exact) mass is 457 g/mol. The molecule has 3 aromatic rings. The fourth-order valence-corrected chi connectivity index (χ4v) is 5.64. The molecule has 0 aliphatic carbocycles. The Labute approximate surface area is 185 Å². The van der Waals surface area contributed by atoms with E-state index in [2.05, 4.69) is 16.4 Å². The van der Waals surface area contributed by atoms with Crippen molar-refractivity contribution >= 4 is 32.4 Å². The van der Waals surface area contributed by atoms with Gasteiger partial charge in [-0.3, -0.25) is 10.1 Å². The van der Waals surface area contributed by atoms with Gasteiger partial charge in [0.15, 0.2) is 5.13 Å². The van der Waals surface area contributed by atoms with E-state index >= 15 is 0 Å². The summed E-state index contributed by atoms with van der Waals surface area (Å²) in [6, 6.07) is 11.9. The number of amides is 1. The van der Waals surface area contributed by atoms with Gasteiger partial charge in [-0.2, -0.15) is 4.31 Å². The smallest absolute Gasteiger partial charge is 0.257 e. The van der Waals surface area contributed by atoms with Gasteiger partial charge in [-0.05, 0) is 48.0 Å². The van der Waals surface area contributed by atoms with Gasteiger partial charge in [0.25, 0.3) is 5.91 Å². The first-order chi connectivity index (χ1) is 14.9. The maximum Gasteiger partial charge on any atom is 0.257 e. The van der Waals surface area contributed by atoms with Crippen LogP contribution in [0.3, 0.4) is 0 Å². The Kier molecular flexibility index (Phi) is 6.08. The maximum atomic E-state index is 12.6. The number of carbonyl (C=O) groups is 1. The van der Waals surface area contributed by atoms with Crippen LogP contribution in [0.4, 0.5) is 5.13 Å². The van der Waals surface area contributed by atoms with Crippen LogP contribution in [0.25, 0.3) is 11.3 Å². The molecule has 0 saturated heterocycles. The molecule has 0 spiro atoms. The zero-order chi connectivity index (χ0) is 22.0. The predicted molar refractivity (Wildman–Crippen MR) is 121 cm³/mol. The predicted octanol–water partition coefficient (Wildman–Crippen LogP) is 4.03. The molecule has 0 unspecified atom stereocenters. The summed E-state index contributed by atoms with van der Waals surface area (Å²) in [6.45, 7) is 5.07. The van der Waals surface area contributed by atoms with E-state index in [1.165, 1.54) is 39.9 Å². The molecule has 31 heavy (non-hydrogen) atoms. The molecule has 0 bridgehead atoms. The largest absolute Gasteiger partial charge is 0.493 e. The molecule has 1 N–H and O–H groups in total. The summed E-state index contributed by atoms with van der Waals surface area (Å²) in [4.78, 5) is 17.3. The fourth-order valence-electron chi connectivity index (χ4n) is 3.47. The standard InChI is InChI=1S/C22H23N3O4S2/c1-3-25(4-2)31(27,28)18-8-5-15(6-9-18)21(26)24-22-23-19(14-30-22)16-7-10-20-17(13-16)11-12-29-20/h5-10,13-14H,3-4,11-12H2,1-2H3,(H,23,24,26). The Morgan fingerprint density at radius 3 is 2.61 bits per heavy atom. The number of nitrogens with one attached hydrogen (secondary N) is 1. The first-order valence-electron chi connectivity index (χ1n) is 10.1. The molecule has 1 amide bonds. The molecular weight excluding hydrogens is 434 g/mol. The molecule has 0 fully saturated rings. The summed E-state index contributed by atoms with van der Waals surface area (Å²) in [5.41, 5.74) is 3.29. The number of thiazole rings is 1. The van der Waals surface area contributed by atoms with Crippen LogP contribution in [0.5, 0.6) is 5.75 Å². The molecule has 0 atom stereocenters. The minimum Gasteiger partial charge on any atom is -0.493 e. The van der Waals surface area contributed by atoms with Gasteiger partial charge in [0.05, 0.1) is 17.2 Å². The lowest BCUT2D eigenvalue weighted by atomic mass is 10.1. The molecule has 2 aromatic carbocycles. The molecule has 1 aliphatic heterocycles. The van der Waals surface area contributed by atoms with Crippen LogP contribution in [-0.4, -0.2) is 43.3 Å². The van der Waals surface area contributed by atoms with Crippen molar-refractivity contribution in [3.8, 4) is 17.0 Å². The van der Waals surface area contributed by atoms with Gasteiger partial charge in [-0.25, -0.2) is 13.4 Å². The number of hydrogen-bond acceptors (Lipinski definition) is 6. The Balaban J connectivity index is 1.47. The summed E-state index contributed by atoms with van der Waals surface area (Å²) in [5, 5.41) is 5.17. The van der Waals surface area contributed by atoms with E-state index in [-0.39, 0.29) is 10.8 Å². The Morgan fingerprint density at radius 2 is 1.90 bits per heavy atom. The third-order valence-electron chi connectivity index (χ3n) is 5.17. The highest BCUT2D eigenvalue weighted by atomic mass is 32.2. The molecule has 7 nitrogen and oxygen atoms in total. The highest BCUT2D eigenvalue weighted by Crippen LogP contribution is 2.32. The Bertz CT molecular complexity index is 1200. The number of ether oxygens (including phenoxy) is 1. The highest BCUT2D eigenvalue weighted by molar-refractivity contribution is 7.89. The SMILES string of the molecule is CCN(CC)S(=O)(=O)c1ccc(C(=O)Nc2nc(-c3ccc4c(c3)CCO4)cs2)cc1. The number of rotatable bonds is 7. The minimum absolute atomic E-state index is 0.171. The lowest BCUT2D eigenvalue weighted by molar-refractivity contribution is 0.102. The number of carbonyl (C=O) groups excluding carboxylic acids is 1. The average Bonchev–Trinajstić information content (AvgIpc) is 3.43. The van der Waals surface area contributed by atoms with Crippen LogP contribution < -0.4 is 10.1 Å². The van der Waals surface area contributed by atoms with E-state index in [4.69, 9.17) is 4.74 Å². The first-order valence-corrected chi connectivity index (χ1v) is 12.4. The average molecular weight is 458 g/mol. The number of nitrogens with zero attached hydrogens (tertiary/aromatic N) is 2. The second-order valence-electron chi connectivity index (χ2n) is 7.03. The van der Waals surface area contributed by atoms with E-state index in [1.54, 1.807) is 13.8 Å². The molecule has 9 heteroatoms. The van der Waals surface area contributed by atoms with Crippen LogP contribution in [0.1, 0.15) is 29.8 Å². The van der Waals surface area contributed by atoms with Gasteiger partial charge in [0.2, 0.25) is 10.0 Å². The van der Waals surface area contributed by atoms with Crippen molar-refractivity contribution < 1.29 is 17.9 Å². The molecular formula is C22H23N3O4S2. The second kappa shape index (κ2) is 8.78. The van der Waals surface area contributed by atoms with Crippen molar-refractivity contribution in [3.05, 3.63) is 59.0 Å². The van der Waals surface area contributed by atoms with Crippen molar-refractivity contribution in [2.24, 2.45) is 0 Å². The van der Waals surface area contributed by atoms with Gasteiger partial charge in [0.1, 0.15) is 5.75 Å². The number of benzene rings is 2. The van der Waals surface area contributed by atoms with Gasteiger partial charge in [-0.1, -0.05) is 13.8 Å². The normalized spacial score (nSPS) is 13.1. The number of fused-ring (bicyclic) bond motifs is 1. The zero-order valence-corrected chi connectivity index (χ0v) is 18.9. The lowest BCUT2D eigenvalue weighted by Crippen LogP contribution is -2.30. The zero-order valence-electron chi connectivity index (χ0n) is 17.3. The number of aromatic nitrogens is 1. The summed E-state index contributed by atoms with van der Waals surface area (Å²) >= 11 is 1.34. The van der Waals surface area contributed by atoms with Crippen LogP contribution in [0.2, 0.25) is 0 Å². The quantitative estimate of drug-likeness (QED) is 0.579. The van der Waals surface area contributed by atoms with E-state index in [9.17, 15) is 13.2 Å². The summed E-state index contributed by atoms with van der Waals surface area (Å²) < 4.78 is 32.1. The van der Waals surface area contributed by atoms with E-state index in [0.717, 1.165) is 29.0 Å². The van der Waals surface area contributed by atoms with Crippen LogP contribution in [0.15, 0.2) is 52.7 Å². The molecule has 1 aliphatic rings. The molecule has 1 aromatic heterocycles. The summed E-state index contributed by atoms with van der Waals surface area (Å²) in [5.74, 6) is 0.578. The third kappa shape index (κ3) is 4.34. The van der Waals surface area contributed by atoms with Gasteiger partial charge in [0, 0.05) is 36.0 Å². The summed E-state index contributed by atoms with van der Waals surface area (Å²) in [6.07, 6.45) is 0.886. The number of anilines is 1. The Morgan fingerprint density at radius 1 is 1.16 bits per heavy atom. The molecule has 162 valence electrons. The Hall–Kier alpha value is -2.75. The number of hydrogen-bond donors (Lipinski definition) is 1. The van der Waals surface area contributed by atoms with E-state index in [1.807, 2.05) is 17.5 Å². The van der Waals surface area contributed by atoms with Crippen molar-refractivity contribution in [2.75, 3.05) is 25.0 Å². The van der Waals surface area contributed by atoms with Gasteiger partial charge in [-0.15, -0.1) is 11.3 Å². The van der Waals surface area contributed by atoms with Crippen molar-refractivity contribution in [3.63, 3.8) is 0 Å². The van der Waals surface area contributed by atoms with Crippen molar-refractivity contribution in [1.82, 2.24) is 9.29 Å².